The third-order valence-corrected chi connectivity index (χ3v) is 4.90. The number of benzene rings is 1. The molecule has 1 saturated heterocycles. The Kier molecular flexibility index (Phi) is 5.17. The lowest BCUT2D eigenvalue weighted by Crippen LogP contribution is -2.45. The first kappa shape index (κ1) is 16.9. The summed E-state index contributed by atoms with van der Waals surface area (Å²) in [6.07, 6.45) is 5.42. The topological polar surface area (TPSA) is 50.8 Å². The minimum atomic E-state index is -0.0338. The molecule has 0 bridgehead atoms. The van der Waals surface area contributed by atoms with Crippen LogP contribution in [0.15, 0.2) is 12.1 Å². The molecule has 1 aromatic carbocycles. The third kappa shape index (κ3) is 3.45. The summed E-state index contributed by atoms with van der Waals surface area (Å²) in [6.45, 7) is 7.55. The van der Waals surface area contributed by atoms with E-state index in [0.29, 0.717) is 18.3 Å². The van der Waals surface area contributed by atoms with E-state index in [4.69, 9.17) is 9.47 Å². The lowest BCUT2D eigenvalue weighted by molar-refractivity contribution is 0.160. The number of nitrogens with one attached hydrogen (secondary N) is 1. The summed E-state index contributed by atoms with van der Waals surface area (Å²) in [5, 5.41) is 3.06. The van der Waals surface area contributed by atoms with Gasteiger partial charge in [-0.1, -0.05) is 6.92 Å². The fourth-order valence-electron chi connectivity index (χ4n) is 3.69. The molecule has 5 heteroatoms. The number of carbonyl (C=O) groups excluding carboxylic acids is 1. The van der Waals surface area contributed by atoms with Crippen LogP contribution in [-0.4, -0.2) is 36.2 Å². The van der Waals surface area contributed by atoms with E-state index >= 15 is 0 Å². The highest BCUT2D eigenvalue weighted by Gasteiger charge is 2.27. The number of hydrogen-bond acceptors (Lipinski definition) is 3. The largest absolute Gasteiger partial charge is 0.492 e. The van der Waals surface area contributed by atoms with Crippen LogP contribution >= 0.6 is 0 Å². The standard InChI is InChI=1S/C19H28N2O3/c1-4-15-8-6-7-9-21(15)19(22)20-16-12-17-14(10-13(3)24-17)11-18(16)23-5-2/h11-13,15H,4-10H2,1-3H3,(H,20,22). The van der Waals surface area contributed by atoms with Gasteiger partial charge in [0.15, 0.2) is 0 Å². The average molecular weight is 332 g/mol. The van der Waals surface area contributed by atoms with Crippen molar-refractivity contribution in [3.63, 3.8) is 0 Å². The summed E-state index contributed by atoms with van der Waals surface area (Å²) < 4.78 is 11.6. The Morgan fingerprint density at radius 1 is 1.38 bits per heavy atom. The van der Waals surface area contributed by atoms with Crippen molar-refractivity contribution in [3.05, 3.63) is 17.7 Å². The molecule has 2 unspecified atom stereocenters. The van der Waals surface area contributed by atoms with Gasteiger partial charge in [-0.3, -0.25) is 0 Å². The normalized spacial score (nSPS) is 22.7. The number of ether oxygens (including phenoxy) is 2. The van der Waals surface area contributed by atoms with Crippen molar-refractivity contribution in [3.8, 4) is 11.5 Å². The molecule has 1 fully saturated rings. The summed E-state index contributed by atoms with van der Waals surface area (Å²) in [6, 6.07) is 4.21. The molecular weight excluding hydrogens is 304 g/mol. The maximum atomic E-state index is 12.8. The first-order valence-electron chi connectivity index (χ1n) is 9.16. The molecule has 0 aliphatic carbocycles. The number of hydrogen-bond donors (Lipinski definition) is 1. The first-order valence-corrected chi connectivity index (χ1v) is 9.16. The van der Waals surface area contributed by atoms with Gasteiger partial charge in [0.1, 0.15) is 17.6 Å². The van der Waals surface area contributed by atoms with Gasteiger partial charge in [-0.25, -0.2) is 4.79 Å². The van der Waals surface area contributed by atoms with Gasteiger partial charge >= 0.3 is 6.03 Å². The van der Waals surface area contributed by atoms with Gasteiger partial charge in [0.2, 0.25) is 0 Å². The molecule has 2 heterocycles. The zero-order valence-corrected chi connectivity index (χ0v) is 14.9. The fraction of sp³-hybridized carbons (Fsp3) is 0.632. The maximum absolute atomic E-state index is 12.8. The number of nitrogens with zero attached hydrogens (tertiary/aromatic N) is 1. The molecular formula is C19H28N2O3. The molecule has 2 atom stereocenters. The number of likely N-dealkylation sites (tertiary alicyclic amines) is 1. The minimum absolute atomic E-state index is 0.0338. The van der Waals surface area contributed by atoms with Gasteiger partial charge < -0.3 is 19.7 Å². The Balaban J connectivity index is 1.80. The minimum Gasteiger partial charge on any atom is -0.492 e. The molecule has 132 valence electrons. The summed E-state index contributed by atoms with van der Waals surface area (Å²) in [5.41, 5.74) is 1.85. The third-order valence-electron chi connectivity index (χ3n) is 4.90. The summed E-state index contributed by atoms with van der Waals surface area (Å²) in [7, 11) is 0. The summed E-state index contributed by atoms with van der Waals surface area (Å²) in [4.78, 5) is 14.7. The number of rotatable bonds is 4. The Bertz CT molecular complexity index is 603. The van der Waals surface area contributed by atoms with Crippen molar-refractivity contribution >= 4 is 11.7 Å². The second-order valence-corrected chi connectivity index (χ2v) is 6.70. The summed E-state index contributed by atoms with van der Waals surface area (Å²) >= 11 is 0. The molecule has 1 N–H and O–H groups in total. The number of fused-ring (bicyclic) bond motifs is 1. The Morgan fingerprint density at radius 2 is 2.21 bits per heavy atom. The predicted octanol–water partition coefficient (Wildman–Crippen LogP) is 4.21. The van der Waals surface area contributed by atoms with E-state index in [9.17, 15) is 4.79 Å². The molecule has 1 aromatic rings. The van der Waals surface area contributed by atoms with Crippen molar-refractivity contribution in [1.29, 1.82) is 0 Å². The van der Waals surface area contributed by atoms with E-state index in [0.717, 1.165) is 49.3 Å². The van der Waals surface area contributed by atoms with Gasteiger partial charge in [0.05, 0.1) is 12.3 Å². The van der Waals surface area contributed by atoms with E-state index in [1.165, 1.54) is 6.42 Å². The Labute approximate surface area is 144 Å². The van der Waals surface area contributed by atoms with Gasteiger partial charge in [-0.2, -0.15) is 0 Å². The van der Waals surface area contributed by atoms with Crippen molar-refractivity contribution in [2.45, 2.75) is 65.0 Å². The second kappa shape index (κ2) is 7.32. The van der Waals surface area contributed by atoms with Gasteiger partial charge in [-0.05, 0) is 45.6 Å². The van der Waals surface area contributed by atoms with Crippen molar-refractivity contribution in [1.82, 2.24) is 4.90 Å². The number of carbonyl (C=O) groups is 1. The number of piperidine rings is 1. The van der Waals surface area contributed by atoms with E-state index in [2.05, 4.69) is 19.2 Å². The molecule has 0 saturated carbocycles. The van der Waals surface area contributed by atoms with Crippen LogP contribution in [-0.2, 0) is 6.42 Å². The Morgan fingerprint density at radius 3 is 2.96 bits per heavy atom. The highest BCUT2D eigenvalue weighted by Crippen LogP contribution is 2.38. The molecule has 5 nitrogen and oxygen atoms in total. The number of anilines is 1. The quantitative estimate of drug-likeness (QED) is 0.899. The molecule has 2 aliphatic heterocycles. The molecule has 3 rings (SSSR count). The van der Waals surface area contributed by atoms with Crippen molar-refractivity contribution in [2.75, 3.05) is 18.5 Å². The second-order valence-electron chi connectivity index (χ2n) is 6.70. The van der Waals surface area contributed by atoms with Crippen LogP contribution in [0.1, 0.15) is 52.0 Å². The van der Waals surface area contributed by atoms with Crippen LogP contribution in [0, 0.1) is 0 Å². The van der Waals surface area contributed by atoms with Crippen LogP contribution in [0.25, 0.3) is 0 Å². The predicted molar refractivity (Wildman–Crippen MR) is 95.1 cm³/mol. The molecule has 2 aliphatic rings. The SMILES string of the molecule is CCOc1cc2c(cc1NC(=O)N1CCCCC1CC)OC(C)C2. The zero-order valence-electron chi connectivity index (χ0n) is 14.9. The van der Waals surface area contributed by atoms with E-state index < -0.39 is 0 Å². The molecule has 0 aromatic heterocycles. The highest BCUT2D eigenvalue weighted by molar-refractivity contribution is 5.91. The lowest BCUT2D eigenvalue weighted by atomic mass is 10.0. The molecule has 0 radical (unpaired) electrons. The van der Waals surface area contributed by atoms with E-state index in [1.54, 1.807) is 0 Å². The van der Waals surface area contributed by atoms with Gasteiger partial charge in [-0.15, -0.1) is 0 Å². The van der Waals surface area contributed by atoms with Crippen LogP contribution in [0.2, 0.25) is 0 Å². The van der Waals surface area contributed by atoms with Crippen LogP contribution in [0.4, 0.5) is 10.5 Å². The van der Waals surface area contributed by atoms with Crippen molar-refractivity contribution in [2.24, 2.45) is 0 Å². The van der Waals surface area contributed by atoms with Crippen LogP contribution in [0.5, 0.6) is 11.5 Å². The zero-order chi connectivity index (χ0) is 17.1. The number of urea groups is 1. The Hall–Kier alpha value is -1.91. The monoisotopic (exact) mass is 332 g/mol. The maximum Gasteiger partial charge on any atom is 0.322 e. The van der Waals surface area contributed by atoms with Crippen LogP contribution < -0.4 is 14.8 Å². The first-order chi connectivity index (χ1) is 11.6. The molecule has 0 spiro atoms. The number of amides is 2. The van der Waals surface area contributed by atoms with Gasteiger partial charge in [0.25, 0.3) is 0 Å². The molecule has 2 amide bonds. The van der Waals surface area contributed by atoms with Crippen molar-refractivity contribution < 1.29 is 14.3 Å². The highest BCUT2D eigenvalue weighted by atomic mass is 16.5. The van der Waals surface area contributed by atoms with E-state index in [1.807, 2.05) is 24.0 Å². The summed E-state index contributed by atoms with van der Waals surface area (Å²) in [5.74, 6) is 1.58. The average Bonchev–Trinajstić information content (AvgIpc) is 2.94. The lowest BCUT2D eigenvalue weighted by Gasteiger charge is -2.35. The smallest absolute Gasteiger partial charge is 0.322 e. The van der Waals surface area contributed by atoms with Crippen LogP contribution in [0.3, 0.4) is 0 Å². The van der Waals surface area contributed by atoms with Gasteiger partial charge in [0, 0.05) is 30.6 Å². The molecule has 24 heavy (non-hydrogen) atoms. The fourth-order valence-corrected chi connectivity index (χ4v) is 3.69. The van der Waals surface area contributed by atoms with E-state index in [-0.39, 0.29) is 12.1 Å².